The number of hydrogen-bond donors (Lipinski definition) is 3. The van der Waals surface area contributed by atoms with Crippen LogP contribution < -0.4 is 16.0 Å². The van der Waals surface area contributed by atoms with E-state index < -0.39 is 5.41 Å². The molecule has 2 aliphatic carbocycles. The van der Waals surface area contributed by atoms with Gasteiger partial charge in [-0.15, -0.1) is 0 Å². The number of amides is 3. The van der Waals surface area contributed by atoms with E-state index in [2.05, 4.69) is 61.0 Å². The summed E-state index contributed by atoms with van der Waals surface area (Å²) in [4.78, 5) is 25.0. The summed E-state index contributed by atoms with van der Waals surface area (Å²) in [7, 11) is 0. The van der Waals surface area contributed by atoms with E-state index in [0.29, 0.717) is 17.4 Å². The summed E-state index contributed by atoms with van der Waals surface area (Å²) in [5.41, 5.74) is 3.35. The number of rotatable bonds is 5. The van der Waals surface area contributed by atoms with Crippen LogP contribution in [0.25, 0.3) is 0 Å². The fourth-order valence-electron chi connectivity index (χ4n) is 3.57. The monoisotopic (exact) mass is 391 g/mol. The molecule has 2 fully saturated rings. The summed E-state index contributed by atoms with van der Waals surface area (Å²) < 4.78 is 0. The van der Waals surface area contributed by atoms with Gasteiger partial charge in [0.05, 0.1) is 5.41 Å². The lowest BCUT2D eigenvalue weighted by molar-refractivity contribution is -0.118. The van der Waals surface area contributed by atoms with Crippen molar-refractivity contribution in [1.29, 1.82) is 0 Å². The van der Waals surface area contributed by atoms with E-state index in [1.165, 1.54) is 5.56 Å². The molecule has 5 heteroatoms. The average Bonchev–Trinajstić information content (AvgIpc) is 3.57. The predicted molar refractivity (Wildman–Crippen MR) is 116 cm³/mol. The fraction of sp³-hybridized carbons (Fsp3) is 0.417. The van der Waals surface area contributed by atoms with Gasteiger partial charge >= 0.3 is 6.03 Å². The zero-order chi connectivity index (χ0) is 20.6. The van der Waals surface area contributed by atoms with Gasteiger partial charge in [0.25, 0.3) is 0 Å². The Morgan fingerprint density at radius 3 is 2.10 bits per heavy atom. The summed E-state index contributed by atoms with van der Waals surface area (Å²) in [5, 5.41) is 8.77. The van der Waals surface area contributed by atoms with E-state index in [1.54, 1.807) is 6.07 Å². The Hall–Kier alpha value is -2.82. The fourth-order valence-corrected chi connectivity index (χ4v) is 3.57. The number of anilines is 2. The first-order valence-corrected chi connectivity index (χ1v) is 10.4. The highest BCUT2D eigenvalue weighted by atomic mass is 16.2. The predicted octanol–water partition coefficient (Wildman–Crippen LogP) is 4.94. The van der Waals surface area contributed by atoms with Crippen molar-refractivity contribution in [2.75, 3.05) is 10.6 Å². The summed E-state index contributed by atoms with van der Waals surface area (Å²) in [6.07, 6.45) is 3.80. The number of nitrogens with one attached hydrogen (secondary N) is 3. The summed E-state index contributed by atoms with van der Waals surface area (Å²) >= 11 is 0. The quantitative estimate of drug-likeness (QED) is 0.676. The van der Waals surface area contributed by atoms with Crippen LogP contribution in [0.4, 0.5) is 16.2 Å². The minimum Gasteiger partial charge on any atom is -0.335 e. The number of hydrogen-bond acceptors (Lipinski definition) is 2. The molecular weight excluding hydrogens is 362 g/mol. The first kappa shape index (κ1) is 19.5. The molecule has 0 saturated heterocycles. The molecule has 0 spiro atoms. The maximum absolute atomic E-state index is 13.1. The first-order valence-electron chi connectivity index (χ1n) is 10.4. The third-order valence-electron chi connectivity index (χ3n) is 5.78. The second kappa shape index (κ2) is 7.21. The molecule has 4 rings (SSSR count). The van der Waals surface area contributed by atoms with Gasteiger partial charge < -0.3 is 16.0 Å². The molecule has 2 aliphatic rings. The number of carbonyl (C=O) groups is 2. The molecule has 0 unspecified atom stereocenters. The highest BCUT2D eigenvalue weighted by Crippen LogP contribution is 2.49. The van der Waals surface area contributed by atoms with Gasteiger partial charge in [-0.05, 0) is 60.4 Å². The van der Waals surface area contributed by atoms with Crippen LogP contribution in [0.1, 0.15) is 57.6 Å². The van der Waals surface area contributed by atoms with Gasteiger partial charge in [-0.1, -0.05) is 51.1 Å². The highest BCUT2D eigenvalue weighted by molar-refractivity contribution is 6.02. The van der Waals surface area contributed by atoms with Gasteiger partial charge in [0.2, 0.25) is 5.91 Å². The average molecular weight is 392 g/mol. The number of carbonyl (C=O) groups excluding carboxylic acids is 2. The molecule has 0 aromatic heterocycles. The zero-order valence-electron chi connectivity index (χ0n) is 17.3. The van der Waals surface area contributed by atoms with Gasteiger partial charge in [0.1, 0.15) is 0 Å². The molecule has 3 N–H and O–H groups in total. The molecule has 29 heavy (non-hydrogen) atoms. The molecule has 2 aromatic carbocycles. The van der Waals surface area contributed by atoms with Crippen molar-refractivity contribution in [2.24, 2.45) is 0 Å². The maximum Gasteiger partial charge on any atom is 0.319 e. The van der Waals surface area contributed by atoms with Crippen LogP contribution in [-0.2, 0) is 15.6 Å². The molecule has 0 atom stereocenters. The van der Waals surface area contributed by atoms with Gasteiger partial charge in [-0.3, -0.25) is 4.79 Å². The maximum atomic E-state index is 13.1. The Balaban J connectivity index is 1.43. The van der Waals surface area contributed by atoms with Crippen molar-refractivity contribution in [3.05, 3.63) is 59.7 Å². The van der Waals surface area contributed by atoms with Crippen LogP contribution in [0.3, 0.4) is 0 Å². The lowest BCUT2D eigenvalue weighted by Gasteiger charge is -2.21. The van der Waals surface area contributed by atoms with E-state index in [-0.39, 0.29) is 17.4 Å². The Labute approximate surface area is 172 Å². The van der Waals surface area contributed by atoms with Crippen LogP contribution in [-0.4, -0.2) is 18.0 Å². The Bertz CT molecular complexity index is 920. The molecular formula is C24H29N3O2. The van der Waals surface area contributed by atoms with Crippen LogP contribution >= 0.6 is 0 Å². The smallest absolute Gasteiger partial charge is 0.319 e. The van der Waals surface area contributed by atoms with Gasteiger partial charge in [0.15, 0.2) is 0 Å². The van der Waals surface area contributed by atoms with Crippen LogP contribution in [0.15, 0.2) is 48.5 Å². The number of urea groups is 1. The van der Waals surface area contributed by atoms with Crippen molar-refractivity contribution < 1.29 is 9.59 Å². The Morgan fingerprint density at radius 2 is 1.55 bits per heavy atom. The van der Waals surface area contributed by atoms with Gasteiger partial charge in [0, 0.05) is 17.4 Å². The molecule has 0 bridgehead atoms. The topological polar surface area (TPSA) is 70.2 Å². The highest BCUT2D eigenvalue weighted by Gasteiger charge is 2.51. The standard InChI is InChI=1S/C24H29N3O2/c1-23(2,3)16-7-9-17(10-8-16)24(13-14-24)21(28)25-19-5-4-6-20(15-19)27-22(29)26-18-11-12-18/h4-10,15,18H,11-14H2,1-3H3,(H,25,28)(H2,26,27,29). The molecule has 3 amide bonds. The lowest BCUT2D eigenvalue weighted by Crippen LogP contribution is -2.30. The van der Waals surface area contributed by atoms with Gasteiger partial charge in [-0.2, -0.15) is 0 Å². The largest absolute Gasteiger partial charge is 0.335 e. The zero-order valence-corrected chi connectivity index (χ0v) is 17.3. The Kier molecular flexibility index (Phi) is 4.85. The second-order valence-electron chi connectivity index (χ2n) is 9.32. The lowest BCUT2D eigenvalue weighted by atomic mass is 9.85. The van der Waals surface area contributed by atoms with Crippen molar-refractivity contribution in [3.63, 3.8) is 0 Å². The third kappa shape index (κ3) is 4.44. The third-order valence-corrected chi connectivity index (χ3v) is 5.78. The first-order chi connectivity index (χ1) is 13.8. The normalized spacial score (nSPS) is 17.3. The van der Waals surface area contributed by atoms with Crippen LogP contribution in [0.5, 0.6) is 0 Å². The summed E-state index contributed by atoms with van der Waals surface area (Å²) in [6, 6.07) is 15.8. The molecule has 2 saturated carbocycles. The SMILES string of the molecule is CC(C)(C)c1ccc(C2(C(=O)Nc3cccc(NC(=O)NC4CC4)c3)CC2)cc1. The second-order valence-corrected chi connectivity index (χ2v) is 9.32. The van der Waals surface area contributed by atoms with Gasteiger partial charge in [-0.25, -0.2) is 4.79 Å². The molecule has 152 valence electrons. The van der Waals surface area contributed by atoms with E-state index in [1.807, 2.05) is 18.2 Å². The van der Waals surface area contributed by atoms with E-state index in [0.717, 1.165) is 31.2 Å². The summed E-state index contributed by atoms with van der Waals surface area (Å²) in [5.74, 6) is 0.0144. The number of benzene rings is 2. The summed E-state index contributed by atoms with van der Waals surface area (Å²) in [6.45, 7) is 6.56. The van der Waals surface area contributed by atoms with E-state index >= 15 is 0 Å². The van der Waals surface area contributed by atoms with Crippen molar-refractivity contribution in [1.82, 2.24) is 5.32 Å². The van der Waals surface area contributed by atoms with E-state index in [9.17, 15) is 9.59 Å². The minimum absolute atomic E-state index is 0.0144. The van der Waals surface area contributed by atoms with Crippen LogP contribution in [0, 0.1) is 0 Å². The molecule has 2 aromatic rings. The molecule has 0 aliphatic heterocycles. The van der Waals surface area contributed by atoms with Crippen molar-refractivity contribution in [2.45, 2.75) is 63.3 Å². The van der Waals surface area contributed by atoms with Crippen LogP contribution in [0.2, 0.25) is 0 Å². The van der Waals surface area contributed by atoms with Crippen molar-refractivity contribution in [3.8, 4) is 0 Å². The Morgan fingerprint density at radius 1 is 0.931 bits per heavy atom. The molecule has 5 nitrogen and oxygen atoms in total. The van der Waals surface area contributed by atoms with E-state index in [4.69, 9.17) is 0 Å². The van der Waals surface area contributed by atoms with Crippen molar-refractivity contribution >= 4 is 23.3 Å². The minimum atomic E-state index is -0.441. The molecule has 0 heterocycles. The molecule has 0 radical (unpaired) electrons.